The number of aromatic nitrogens is 2. The first-order valence-corrected chi connectivity index (χ1v) is 10.9. The van der Waals surface area contributed by atoms with Crippen LogP contribution in [0.1, 0.15) is 30.9 Å². The summed E-state index contributed by atoms with van der Waals surface area (Å²) in [4.78, 5) is 30.3. The summed E-state index contributed by atoms with van der Waals surface area (Å²) < 4.78 is 12.8. The molecule has 33 heavy (non-hydrogen) atoms. The minimum atomic E-state index is -0.580. The van der Waals surface area contributed by atoms with Gasteiger partial charge in [-0.1, -0.05) is 25.1 Å². The molecule has 2 aromatic heterocycles. The van der Waals surface area contributed by atoms with Crippen LogP contribution in [0.2, 0.25) is 0 Å². The molecule has 0 aliphatic carbocycles. The van der Waals surface area contributed by atoms with E-state index in [1.54, 1.807) is 36.5 Å². The normalized spacial score (nSPS) is 15.9. The van der Waals surface area contributed by atoms with Crippen molar-refractivity contribution in [3.05, 3.63) is 75.7 Å². The maximum absolute atomic E-state index is 13.2. The summed E-state index contributed by atoms with van der Waals surface area (Å²) in [5.74, 6) is -0.0608. The van der Waals surface area contributed by atoms with Gasteiger partial charge in [-0.15, -0.1) is 0 Å². The van der Waals surface area contributed by atoms with Gasteiger partial charge in [0.1, 0.15) is 28.6 Å². The van der Waals surface area contributed by atoms with Crippen LogP contribution in [0.3, 0.4) is 0 Å². The zero-order valence-corrected chi connectivity index (χ0v) is 18.3. The molecule has 3 aromatic rings. The third kappa shape index (κ3) is 5.10. The molecule has 0 spiro atoms. The predicted molar refractivity (Wildman–Crippen MR) is 123 cm³/mol. The number of hydrogen-bond donors (Lipinski definition) is 1. The molecule has 1 aliphatic rings. The van der Waals surface area contributed by atoms with E-state index in [-0.39, 0.29) is 23.1 Å². The van der Waals surface area contributed by atoms with E-state index in [1.165, 1.54) is 10.5 Å². The van der Waals surface area contributed by atoms with Crippen LogP contribution in [0.25, 0.3) is 11.7 Å². The molecule has 168 valence electrons. The van der Waals surface area contributed by atoms with Gasteiger partial charge in [-0.3, -0.25) is 14.0 Å². The quantitative estimate of drug-likeness (QED) is 0.443. The average Bonchev–Trinajstić information content (AvgIpc) is 3.37. The second-order valence-electron chi connectivity index (χ2n) is 7.68. The Balaban J connectivity index is 1.71. The van der Waals surface area contributed by atoms with Crippen molar-refractivity contribution in [3.63, 3.8) is 0 Å². The van der Waals surface area contributed by atoms with Gasteiger partial charge in [0, 0.05) is 19.3 Å². The number of hydrogen-bond acceptors (Lipinski definition) is 6. The average molecular weight is 444 g/mol. The topological polar surface area (TPSA) is 106 Å². The standard InChI is InChI=1S/C25H24N4O4/c1-2-17-8-10-19(11-9-17)33-24-21(25(31)29-12-4-3-7-22(29)28-24)14-18(15-26)23(30)27-16-20-6-5-13-32-20/h3-4,7-12,14,20H,2,5-6,13,16H2,1H3,(H,27,30)/b18-14+/t20-/m1/s1. The van der Waals surface area contributed by atoms with Gasteiger partial charge in [-0.2, -0.15) is 10.2 Å². The molecule has 1 fully saturated rings. The van der Waals surface area contributed by atoms with E-state index in [0.717, 1.165) is 24.8 Å². The highest BCUT2D eigenvalue weighted by Gasteiger charge is 2.20. The van der Waals surface area contributed by atoms with Crippen molar-refractivity contribution in [2.24, 2.45) is 0 Å². The van der Waals surface area contributed by atoms with Gasteiger partial charge in [-0.25, -0.2) is 0 Å². The summed E-state index contributed by atoms with van der Waals surface area (Å²) in [5, 5.41) is 12.3. The van der Waals surface area contributed by atoms with Gasteiger partial charge in [-0.05, 0) is 55.2 Å². The first kappa shape index (κ1) is 22.2. The largest absolute Gasteiger partial charge is 0.438 e. The van der Waals surface area contributed by atoms with Gasteiger partial charge in [0.2, 0.25) is 5.88 Å². The van der Waals surface area contributed by atoms with Crippen LogP contribution in [0.15, 0.2) is 59.0 Å². The highest BCUT2D eigenvalue weighted by atomic mass is 16.5. The molecule has 1 atom stereocenters. The van der Waals surface area contributed by atoms with E-state index >= 15 is 0 Å². The number of benzene rings is 1. The SMILES string of the molecule is CCc1ccc(Oc2nc3ccccn3c(=O)c2/C=C(\C#N)C(=O)NC[C@H]2CCCO2)cc1. The Hall–Kier alpha value is -3.96. The molecule has 0 radical (unpaired) electrons. The zero-order valence-electron chi connectivity index (χ0n) is 18.3. The third-order valence-corrected chi connectivity index (χ3v) is 5.45. The summed E-state index contributed by atoms with van der Waals surface area (Å²) in [6.45, 7) is 3.03. The molecular formula is C25H24N4O4. The second-order valence-corrected chi connectivity index (χ2v) is 7.68. The molecule has 8 nitrogen and oxygen atoms in total. The molecule has 1 N–H and O–H groups in total. The number of ether oxygens (including phenoxy) is 2. The molecule has 8 heteroatoms. The molecule has 1 aromatic carbocycles. The number of pyridine rings is 1. The smallest absolute Gasteiger partial charge is 0.269 e. The number of aryl methyl sites for hydroxylation is 1. The zero-order chi connectivity index (χ0) is 23.2. The van der Waals surface area contributed by atoms with E-state index in [9.17, 15) is 14.9 Å². The number of nitriles is 1. The molecule has 4 rings (SSSR count). The van der Waals surface area contributed by atoms with Gasteiger partial charge in [0.05, 0.1) is 6.10 Å². The highest BCUT2D eigenvalue weighted by molar-refractivity contribution is 6.01. The number of carbonyl (C=O) groups excluding carboxylic acids is 1. The number of rotatable bonds is 7. The fourth-order valence-corrected chi connectivity index (χ4v) is 3.59. The summed E-state index contributed by atoms with van der Waals surface area (Å²) in [6.07, 6.45) is 5.43. The molecule has 3 heterocycles. The minimum Gasteiger partial charge on any atom is -0.438 e. The van der Waals surface area contributed by atoms with Crippen molar-refractivity contribution in [1.29, 1.82) is 5.26 Å². The molecule has 1 saturated heterocycles. The first-order valence-electron chi connectivity index (χ1n) is 10.9. The van der Waals surface area contributed by atoms with E-state index in [2.05, 4.69) is 17.2 Å². The van der Waals surface area contributed by atoms with Crippen molar-refractivity contribution in [1.82, 2.24) is 14.7 Å². The molecule has 0 unspecified atom stereocenters. The minimum absolute atomic E-state index is 0.0158. The number of fused-ring (bicyclic) bond motifs is 1. The maximum Gasteiger partial charge on any atom is 0.269 e. The van der Waals surface area contributed by atoms with Crippen LogP contribution in [-0.4, -0.2) is 34.5 Å². The van der Waals surface area contributed by atoms with Crippen LogP contribution >= 0.6 is 0 Å². The molecular weight excluding hydrogens is 420 g/mol. The van der Waals surface area contributed by atoms with Gasteiger partial charge in [0.25, 0.3) is 11.5 Å². The fraction of sp³-hybridized carbons (Fsp3) is 0.280. The molecule has 1 aliphatic heterocycles. The lowest BCUT2D eigenvalue weighted by Gasteiger charge is -2.12. The Labute approximate surface area is 191 Å². The third-order valence-electron chi connectivity index (χ3n) is 5.45. The Kier molecular flexibility index (Phi) is 6.81. The monoisotopic (exact) mass is 444 g/mol. The number of carbonyl (C=O) groups is 1. The van der Waals surface area contributed by atoms with Crippen LogP contribution in [-0.2, 0) is 16.0 Å². The van der Waals surface area contributed by atoms with Crippen molar-refractivity contribution >= 4 is 17.6 Å². The van der Waals surface area contributed by atoms with Crippen molar-refractivity contribution in [2.75, 3.05) is 13.2 Å². The van der Waals surface area contributed by atoms with E-state index in [0.29, 0.717) is 24.5 Å². The van der Waals surface area contributed by atoms with Crippen LogP contribution in [0.4, 0.5) is 0 Å². The number of nitrogens with one attached hydrogen (secondary N) is 1. The van der Waals surface area contributed by atoms with Gasteiger partial charge in [0.15, 0.2) is 0 Å². The summed E-state index contributed by atoms with van der Waals surface area (Å²) in [6, 6.07) is 14.5. The Bertz CT molecular complexity index is 1280. The Morgan fingerprint density at radius 2 is 2.15 bits per heavy atom. The van der Waals surface area contributed by atoms with E-state index in [4.69, 9.17) is 9.47 Å². The van der Waals surface area contributed by atoms with Crippen LogP contribution in [0.5, 0.6) is 11.6 Å². The Morgan fingerprint density at radius 3 is 2.85 bits per heavy atom. The van der Waals surface area contributed by atoms with Crippen molar-refractivity contribution < 1.29 is 14.3 Å². The summed E-state index contributed by atoms with van der Waals surface area (Å²) in [5.41, 5.74) is 0.890. The van der Waals surface area contributed by atoms with Crippen LogP contribution in [0, 0.1) is 11.3 Å². The van der Waals surface area contributed by atoms with Crippen molar-refractivity contribution in [2.45, 2.75) is 32.3 Å². The first-order chi connectivity index (χ1) is 16.1. The molecule has 1 amide bonds. The molecule has 0 bridgehead atoms. The van der Waals surface area contributed by atoms with E-state index in [1.807, 2.05) is 18.2 Å². The number of amides is 1. The lowest BCUT2D eigenvalue weighted by atomic mass is 10.1. The lowest BCUT2D eigenvalue weighted by Crippen LogP contribution is -2.32. The van der Waals surface area contributed by atoms with Gasteiger partial charge >= 0.3 is 0 Å². The summed E-state index contributed by atoms with van der Waals surface area (Å²) in [7, 11) is 0. The van der Waals surface area contributed by atoms with Crippen molar-refractivity contribution in [3.8, 4) is 17.7 Å². The molecule has 0 saturated carbocycles. The summed E-state index contributed by atoms with van der Waals surface area (Å²) >= 11 is 0. The lowest BCUT2D eigenvalue weighted by molar-refractivity contribution is -0.117. The van der Waals surface area contributed by atoms with Gasteiger partial charge < -0.3 is 14.8 Å². The Morgan fingerprint density at radius 1 is 1.33 bits per heavy atom. The predicted octanol–water partition coefficient (Wildman–Crippen LogP) is 3.25. The maximum atomic E-state index is 13.2. The second kappa shape index (κ2) is 10.1. The number of nitrogens with zero attached hydrogens (tertiary/aromatic N) is 3. The fourth-order valence-electron chi connectivity index (χ4n) is 3.59. The van der Waals surface area contributed by atoms with E-state index < -0.39 is 11.5 Å². The van der Waals surface area contributed by atoms with Crippen LogP contribution < -0.4 is 15.6 Å². The highest BCUT2D eigenvalue weighted by Crippen LogP contribution is 2.24.